The third kappa shape index (κ3) is 3.37. The van der Waals surface area contributed by atoms with E-state index >= 15 is 0 Å². The summed E-state index contributed by atoms with van der Waals surface area (Å²) in [6.07, 6.45) is 0.632. The maximum absolute atomic E-state index is 9.59. The number of aryl methyl sites for hydroxylation is 1. The van der Waals surface area contributed by atoms with E-state index in [1.54, 1.807) is 13.8 Å². The van der Waals surface area contributed by atoms with E-state index in [2.05, 4.69) is 0 Å². The first-order valence-electron chi connectivity index (χ1n) is 4.36. The highest BCUT2D eigenvalue weighted by atomic mass is 35.5. The van der Waals surface area contributed by atoms with Gasteiger partial charge in [-0.25, -0.2) is 0 Å². The van der Waals surface area contributed by atoms with Crippen LogP contribution in [-0.4, -0.2) is 10.7 Å². The molecule has 0 spiro atoms. The molecule has 0 radical (unpaired) electrons. The van der Waals surface area contributed by atoms with Crippen LogP contribution in [0.15, 0.2) is 18.2 Å². The van der Waals surface area contributed by atoms with E-state index in [-0.39, 0.29) is 0 Å². The summed E-state index contributed by atoms with van der Waals surface area (Å²) in [5, 5.41) is 10.4. The Morgan fingerprint density at radius 1 is 1.38 bits per heavy atom. The quantitative estimate of drug-likeness (QED) is 0.775. The smallest absolute Gasteiger partial charge is 0.0631 e. The lowest BCUT2D eigenvalue weighted by Crippen LogP contribution is -2.21. The molecule has 0 heterocycles. The minimum atomic E-state index is -0.668. The molecule has 0 aromatic heterocycles. The average Bonchev–Trinajstić information content (AvgIpc) is 1.94. The van der Waals surface area contributed by atoms with Crippen molar-refractivity contribution in [3.8, 4) is 0 Å². The molecule has 0 fully saturated rings. The summed E-state index contributed by atoms with van der Waals surface area (Å²) < 4.78 is 0. The SMILES string of the molecule is Cc1ccc(CC(C)(C)O)cc1Cl. The summed E-state index contributed by atoms with van der Waals surface area (Å²) in [4.78, 5) is 0. The molecule has 0 aliphatic rings. The lowest BCUT2D eigenvalue weighted by Gasteiger charge is -2.17. The Balaban J connectivity index is 2.86. The topological polar surface area (TPSA) is 20.2 Å². The molecule has 0 unspecified atom stereocenters. The van der Waals surface area contributed by atoms with E-state index in [9.17, 15) is 5.11 Å². The highest BCUT2D eigenvalue weighted by molar-refractivity contribution is 6.31. The lowest BCUT2D eigenvalue weighted by molar-refractivity contribution is 0.0810. The second kappa shape index (κ2) is 3.69. The van der Waals surface area contributed by atoms with Gasteiger partial charge in [-0.2, -0.15) is 0 Å². The molecule has 0 aliphatic heterocycles. The van der Waals surface area contributed by atoms with Crippen LogP contribution in [-0.2, 0) is 6.42 Å². The minimum Gasteiger partial charge on any atom is -0.390 e. The van der Waals surface area contributed by atoms with Crippen molar-refractivity contribution in [1.29, 1.82) is 0 Å². The van der Waals surface area contributed by atoms with Crippen molar-refractivity contribution in [2.75, 3.05) is 0 Å². The zero-order valence-corrected chi connectivity index (χ0v) is 9.02. The predicted octanol–water partition coefficient (Wildman–Crippen LogP) is 2.96. The van der Waals surface area contributed by atoms with E-state index in [1.807, 2.05) is 25.1 Å². The van der Waals surface area contributed by atoms with Crippen LogP contribution in [0.4, 0.5) is 0 Å². The molecular formula is C11H15ClO. The van der Waals surface area contributed by atoms with Gasteiger partial charge in [0.1, 0.15) is 0 Å². The van der Waals surface area contributed by atoms with Crippen LogP contribution in [0.25, 0.3) is 0 Å². The molecule has 0 amide bonds. The van der Waals surface area contributed by atoms with Crippen LogP contribution in [0.5, 0.6) is 0 Å². The van der Waals surface area contributed by atoms with Crippen LogP contribution in [0.1, 0.15) is 25.0 Å². The maximum Gasteiger partial charge on any atom is 0.0631 e. The van der Waals surface area contributed by atoms with Crippen molar-refractivity contribution >= 4 is 11.6 Å². The fraction of sp³-hybridized carbons (Fsp3) is 0.455. The average molecular weight is 199 g/mol. The van der Waals surface area contributed by atoms with Gasteiger partial charge in [-0.1, -0.05) is 23.7 Å². The van der Waals surface area contributed by atoms with Gasteiger partial charge in [-0.3, -0.25) is 0 Å². The first kappa shape index (κ1) is 10.6. The summed E-state index contributed by atoms with van der Waals surface area (Å²) >= 11 is 5.96. The van der Waals surface area contributed by atoms with Crippen LogP contribution in [0.3, 0.4) is 0 Å². The zero-order chi connectivity index (χ0) is 10.1. The monoisotopic (exact) mass is 198 g/mol. The molecule has 1 aromatic rings. The van der Waals surface area contributed by atoms with Gasteiger partial charge in [-0.05, 0) is 38.0 Å². The second-order valence-electron chi connectivity index (χ2n) is 4.07. The molecule has 1 aromatic carbocycles. The molecule has 1 nitrogen and oxygen atoms in total. The number of hydrogen-bond donors (Lipinski definition) is 1. The predicted molar refractivity (Wildman–Crippen MR) is 56.2 cm³/mol. The number of aliphatic hydroxyl groups is 1. The van der Waals surface area contributed by atoms with Crippen LogP contribution in [0, 0.1) is 6.92 Å². The zero-order valence-electron chi connectivity index (χ0n) is 8.26. The van der Waals surface area contributed by atoms with Gasteiger partial charge in [0.25, 0.3) is 0 Å². The van der Waals surface area contributed by atoms with Gasteiger partial charge in [0.15, 0.2) is 0 Å². The van der Waals surface area contributed by atoms with Gasteiger partial charge < -0.3 is 5.11 Å². The van der Waals surface area contributed by atoms with Gasteiger partial charge in [0, 0.05) is 11.4 Å². The van der Waals surface area contributed by atoms with Crippen LogP contribution in [0.2, 0.25) is 5.02 Å². The molecule has 0 saturated carbocycles. The molecule has 72 valence electrons. The first-order chi connectivity index (χ1) is 5.88. The maximum atomic E-state index is 9.59. The van der Waals surface area contributed by atoms with E-state index in [1.165, 1.54) is 0 Å². The molecule has 0 saturated heterocycles. The van der Waals surface area contributed by atoms with Crippen LogP contribution < -0.4 is 0 Å². The highest BCUT2D eigenvalue weighted by Gasteiger charge is 2.13. The summed E-state index contributed by atoms with van der Waals surface area (Å²) in [6.45, 7) is 5.55. The molecule has 1 N–H and O–H groups in total. The minimum absolute atomic E-state index is 0.632. The lowest BCUT2D eigenvalue weighted by atomic mass is 9.98. The Morgan fingerprint density at radius 2 is 2.00 bits per heavy atom. The van der Waals surface area contributed by atoms with Gasteiger partial charge >= 0.3 is 0 Å². The Kier molecular flexibility index (Phi) is 2.99. The third-order valence-corrected chi connectivity index (χ3v) is 2.28. The second-order valence-corrected chi connectivity index (χ2v) is 4.48. The number of rotatable bonds is 2. The Hall–Kier alpha value is -0.530. The number of hydrogen-bond acceptors (Lipinski definition) is 1. The summed E-state index contributed by atoms with van der Waals surface area (Å²) in [5.41, 5.74) is 1.47. The van der Waals surface area contributed by atoms with E-state index in [4.69, 9.17) is 11.6 Å². The molecule has 0 aliphatic carbocycles. The summed E-state index contributed by atoms with van der Waals surface area (Å²) in [6, 6.07) is 5.89. The number of halogens is 1. The van der Waals surface area contributed by atoms with Crippen molar-refractivity contribution in [2.24, 2.45) is 0 Å². The largest absolute Gasteiger partial charge is 0.390 e. The molecule has 0 bridgehead atoms. The molecule has 0 atom stereocenters. The molecule has 1 rings (SSSR count). The van der Waals surface area contributed by atoms with Crippen LogP contribution >= 0.6 is 11.6 Å². The van der Waals surface area contributed by atoms with E-state index < -0.39 is 5.60 Å². The summed E-state index contributed by atoms with van der Waals surface area (Å²) in [7, 11) is 0. The van der Waals surface area contributed by atoms with Crippen molar-refractivity contribution in [3.05, 3.63) is 34.3 Å². The molecular weight excluding hydrogens is 184 g/mol. The Morgan fingerprint density at radius 3 is 2.46 bits per heavy atom. The van der Waals surface area contributed by atoms with Gasteiger partial charge in [0.2, 0.25) is 0 Å². The van der Waals surface area contributed by atoms with Crippen molar-refractivity contribution < 1.29 is 5.11 Å². The van der Waals surface area contributed by atoms with E-state index in [0.29, 0.717) is 6.42 Å². The third-order valence-electron chi connectivity index (χ3n) is 1.87. The fourth-order valence-electron chi connectivity index (χ4n) is 1.25. The Bertz CT molecular complexity index is 299. The molecule has 2 heteroatoms. The van der Waals surface area contributed by atoms with Crippen molar-refractivity contribution in [3.63, 3.8) is 0 Å². The van der Waals surface area contributed by atoms with Gasteiger partial charge in [0.05, 0.1) is 5.60 Å². The normalized spacial score (nSPS) is 11.8. The standard InChI is InChI=1S/C11H15ClO/c1-8-4-5-9(6-10(8)12)7-11(2,3)13/h4-6,13H,7H2,1-3H3. The van der Waals surface area contributed by atoms with Gasteiger partial charge in [-0.15, -0.1) is 0 Å². The highest BCUT2D eigenvalue weighted by Crippen LogP contribution is 2.19. The fourth-order valence-corrected chi connectivity index (χ4v) is 1.45. The van der Waals surface area contributed by atoms with E-state index in [0.717, 1.165) is 16.1 Å². The molecule has 13 heavy (non-hydrogen) atoms. The summed E-state index contributed by atoms with van der Waals surface area (Å²) in [5.74, 6) is 0. The number of benzene rings is 1. The Labute approximate surface area is 84.4 Å². The van der Waals surface area contributed by atoms with Crippen molar-refractivity contribution in [2.45, 2.75) is 32.8 Å². The van der Waals surface area contributed by atoms with Crippen molar-refractivity contribution in [1.82, 2.24) is 0 Å². The first-order valence-corrected chi connectivity index (χ1v) is 4.74.